The number of aldehydes is 1. The topological polar surface area (TPSA) is 35.5 Å². The zero-order valence-electron chi connectivity index (χ0n) is 10.6. The largest absolute Gasteiger partial charge is 0.491 e. The van der Waals surface area contributed by atoms with Crippen molar-refractivity contribution in [1.82, 2.24) is 0 Å². The third kappa shape index (κ3) is 3.33. The number of carbonyl (C=O) groups is 1. The summed E-state index contributed by atoms with van der Waals surface area (Å²) in [6.07, 6.45) is 3.03. The Morgan fingerprint density at radius 3 is 2.94 bits per heavy atom. The van der Waals surface area contributed by atoms with Crippen LogP contribution in [0.4, 0.5) is 0 Å². The van der Waals surface area contributed by atoms with E-state index in [1.54, 1.807) is 6.07 Å². The molecule has 98 valence electrons. The summed E-state index contributed by atoms with van der Waals surface area (Å²) in [6.45, 7) is 4.72. The number of halogens is 1. The van der Waals surface area contributed by atoms with Gasteiger partial charge in [0.25, 0.3) is 0 Å². The first-order valence-electron chi connectivity index (χ1n) is 6.05. The molecule has 1 saturated heterocycles. The number of carbonyl (C=O) groups excluding carboxylic acids is 1. The van der Waals surface area contributed by atoms with E-state index in [1.807, 2.05) is 12.1 Å². The van der Waals surface area contributed by atoms with Crippen LogP contribution in [0.2, 0.25) is 0 Å². The molecule has 0 N–H and O–H groups in total. The smallest absolute Gasteiger partial charge is 0.151 e. The minimum absolute atomic E-state index is 0.0400. The van der Waals surface area contributed by atoms with E-state index in [-0.39, 0.29) is 11.7 Å². The molecule has 1 fully saturated rings. The lowest BCUT2D eigenvalue weighted by molar-refractivity contribution is -0.0326. The van der Waals surface area contributed by atoms with Crippen molar-refractivity contribution in [3.8, 4) is 5.75 Å². The van der Waals surface area contributed by atoms with Crippen LogP contribution in [0.15, 0.2) is 22.7 Å². The van der Waals surface area contributed by atoms with Crippen LogP contribution in [0.1, 0.15) is 37.0 Å². The zero-order chi connectivity index (χ0) is 13.2. The first-order chi connectivity index (χ1) is 8.50. The summed E-state index contributed by atoms with van der Waals surface area (Å²) in [7, 11) is 0. The van der Waals surface area contributed by atoms with E-state index in [0.29, 0.717) is 17.9 Å². The Morgan fingerprint density at radius 2 is 2.33 bits per heavy atom. The van der Waals surface area contributed by atoms with Gasteiger partial charge in [-0.3, -0.25) is 4.79 Å². The maximum Gasteiger partial charge on any atom is 0.151 e. The Balaban J connectivity index is 1.93. The van der Waals surface area contributed by atoms with Crippen molar-refractivity contribution in [2.24, 2.45) is 0 Å². The van der Waals surface area contributed by atoms with Gasteiger partial charge in [0.15, 0.2) is 6.29 Å². The summed E-state index contributed by atoms with van der Waals surface area (Å²) in [5.41, 5.74) is 0.557. The lowest BCUT2D eigenvalue weighted by Crippen LogP contribution is -2.23. The van der Waals surface area contributed by atoms with E-state index in [1.165, 1.54) is 0 Å². The molecular weight excluding hydrogens is 296 g/mol. The van der Waals surface area contributed by atoms with Crippen molar-refractivity contribution in [1.29, 1.82) is 0 Å². The Labute approximate surface area is 116 Å². The highest BCUT2D eigenvalue weighted by molar-refractivity contribution is 9.10. The van der Waals surface area contributed by atoms with Crippen LogP contribution >= 0.6 is 15.9 Å². The average molecular weight is 313 g/mol. The van der Waals surface area contributed by atoms with Crippen molar-refractivity contribution in [2.75, 3.05) is 6.61 Å². The molecule has 1 aliphatic heterocycles. The SMILES string of the molecule is CC1(C)CCC(COc2ccc(Br)c(C=O)c2)O1. The van der Waals surface area contributed by atoms with Gasteiger partial charge in [0.05, 0.1) is 11.7 Å². The Bertz CT molecular complexity index is 443. The number of benzene rings is 1. The molecule has 1 heterocycles. The summed E-state index contributed by atoms with van der Waals surface area (Å²) in [4.78, 5) is 10.8. The quantitative estimate of drug-likeness (QED) is 0.797. The summed E-state index contributed by atoms with van der Waals surface area (Å²) in [6, 6.07) is 5.40. The molecule has 1 unspecified atom stereocenters. The van der Waals surface area contributed by atoms with Gasteiger partial charge in [0, 0.05) is 10.0 Å². The fourth-order valence-corrected chi connectivity index (χ4v) is 2.43. The maximum atomic E-state index is 10.8. The van der Waals surface area contributed by atoms with Crippen LogP contribution < -0.4 is 4.74 Å². The van der Waals surface area contributed by atoms with Crippen molar-refractivity contribution in [2.45, 2.75) is 38.4 Å². The number of hydrogen-bond donors (Lipinski definition) is 0. The predicted octanol–water partition coefficient (Wildman–Crippen LogP) is 3.60. The molecule has 0 amide bonds. The van der Waals surface area contributed by atoms with Gasteiger partial charge >= 0.3 is 0 Å². The zero-order valence-corrected chi connectivity index (χ0v) is 12.2. The number of rotatable bonds is 4. The van der Waals surface area contributed by atoms with Gasteiger partial charge in [0.1, 0.15) is 12.4 Å². The first-order valence-corrected chi connectivity index (χ1v) is 6.85. The molecule has 1 aromatic rings. The molecule has 3 nitrogen and oxygen atoms in total. The van der Waals surface area contributed by atoms with Crippen LogP contribution in [0.3, 0.4) is 0 Å². The molecule has 0 bridgehead atoms. The lowest BCUT2D eigenvalue weighted by atomic mass is 10.1. The van der Waals surface area contributed by atoms with Crippen LogP contribution in [-0.2, 0) is 4.74 Å². The summed E-state index contributed by atoms with van der Waals surface area (Å²) < 4.78 is 12.3. The van der Waals surface area contributed by atoms with Crippen molar-refractivity contribution < 1.29 is 14.3 Å². The van der Waals surface area contributed by atoms with Crippen LogP contribution in [0.25, 0.3) is 0 Å². The minimum Gasteiger partial charge on any atom is -0.491 e. The van der Waals surface area contributed by atoms with E-state index in [4.69, 9.17) is 9.47 Å². The monoisotopic (exact) mass is 312 g/mol. The Kier molecular flexibility index (Phi) is 4.07. The molecule has 0 radical (unpaired) electrons. The second-order valence-corrected chi connectivity index (χ2v) is 6.00. The van der Waals surface area contributed by atoms with Gasteiger partial charge < -0.3 is 9.47 Å². The molecule has 1 aromatic carbocycles. The normalized spacial score (nSPS) is 21.8. The molecular formula is C14H17BrO3. The third-order valence-corrected chi connectivity index (χ3v) is 3.81. The minimum atomic E-state index is -0.0400. The van der Waals surface area contributed by atoms with Crippen LogP contribution in [0.5, 0.6) is 5.75 Å². The summed E-state index contributed by atoms with van der Waals surface area (Å²) in [5.74, 6) is 0.702. The molecule has 0 aliphatic carbocycles. The van der Waals surface area contributed by atoms with E-state index in [2.05, 4.69) is 29.8 Å². The molecule has 0 aromatic heterocycles. The van der Waals surface area contributed by atoms with Gasteiger partial charge in [-0.2, -0.15) is 0 Å². The van der Waals surface area contributed by atoms with Gasteiger partial charge in [-0.05, 0) is 44.9 Å². The molecule has 2 rings (SSSR count). The maximum absolute atomic E-state index is 10.8. The highest BCUT2D eigenvalue weighted by atomic mass is 79.9. The summed E-state index contributed by atoms with van der Waals surface area (Å²) >= 11 is 3.31. The fourth-order valence-electron chi connectivity index (χ4n) is 2.09. The molecule has 0 spiro atoms. The summed E-state index contributed by atoms with van der Waals surface area (Å²) in [5, 5.41) is 0. The molecule has 0 saturated carbocycles. The number of hydrogen-bond acceptors (Lipinski definition) is 3. The van der Waals surface area contributed by atoms with E-state index < -0.39 is 0 Å². The highest BCUT2D eigenvalue weighted by Gasteiger charge is 2.31. The van der Waals surface area contributed by atoms with Gasteiger partial charge in [-0.25, -0.2) is 0 Å². The Morgan fingerprint density at radius 1 is 1.56 bits per heavy atom. The molecule has 1 atom stereocenters. The molecule has 18 heavy (non-hydrogen) atoms. The van der Waals surface area contributed by atoms with Crippen molar-refractivity contribution in [3.05, 3.63) is 28.2 Å². The standard InChI is InChI=1S/C14H17BrO3/c1-14(2)6-5-12(18-14)9-17-11-3-4-13(15)10(7-11)8-16/h3-4,7-8,12H,5-6,9H2,1-2H3. The van der Waals surface area contributed by atoms with Gasteiger partial charge in [-0.15, -0.1) is 0 Å². The van der Waals surface area contributed by atoms with Gasteiger partial charge in [0.2, 0.25) is 0 Å². The molecule has 4 heteroatoms. The van der Waals surface area contributed by atoms with Crippen LogP contribution in [-0.4, -0.2) is 24.6 Å². The van der Waals surface area contributed by atoms with E-state index in [0.717, 1.165) is 23.6 Å². The van der Waals surface area contributed by atoms with Crippen LogP contribution in [0, 0.1) is 0 Å². The fraction of sp³-hybridized carbons (Fsp3) is 0.500. The van der Waals surface area contributed by atoms with Crippen molar-refractivity contribution >= 4 is 22.2 Å². The second-order valence-electron chi connectivity index (χ2n) is 5.15. The predicted molar refractivity (Wildman–Crippen MR) is 73.2 cm³/mol. The van der Waals surface area contributed by atoms with E-state index in [9.17, 15) is 4.79 Å². The second kappa shape index (κ2) is 5.41. The molecule has 1 aliphatic rings. The van der Waals surface area contributed by atoms with E-state index >= 15 is 0 Å². The number of ether oxygens (including phenoxy) is 2. The highest BCUT2D eigenvalue weighted by Crippen LogP contribution is 2.30. The average Bonchev–Trinajstić information content (AvgIpc) is 2.68. The van der Waals surface area contributed by atoms with Crippen molar-refractivity contribution in [3.63, 3.8) is 0 Å². The lowest BCUT2D eigenvalue weighted by Gasteiger charge is -2.19. The Hall–Kier alpha value is -0.870. The third-order valence-electron chi connectivity index (χ3n) is 3.08. The van der Waals surface area contributed by atoms with Gasteiger partial charge in [-0.1, -0.05) is 15.9 Å². The first kappa shape index (κ1) is 13.6.